The minimum Gasteiger partial charge on any atom is -0.326 e. The molecule has 3 amide bonds. The van der Waals surface area contributed by atoms with Crippen molar-refractivity contribution in [2.24, 2.45) is 41.4 Å². The number of hydrogen-bond acceptors (Lipinski definition) is 4. The zero-order valence-electron chi connectivity index (χ0n) is 20.3. The highest BCUT2D eigenvalue weighted by Crippen LogP contribution is 2.65. The maximum atomic E-state index is 13.4. The first-order valence-electron chi connectivity index (χ1n) is 13.4. The van der Waals surface area contributed by atoms with Crippen molar-refractivity contribution in [3.63, 3.8) is 0 Å². The minimum absolute atomic E-state index is 0.0328. The standard InChI is InChI=1S/C30H31N3O3/c34-28(32-20-5-1-17(2-6-20)15-18-11-13-31-14-12-18)19-3-7-21(8-4-19)33-29(35)26-22-9-10-23(25-16-24(22)25)27(26)30(33)36/h1-2,5-6,9-14,19,21-27H,3-4,7-8,15-16H2,(H,32,34)/t19?,21?,22-,23+,24-,25+,26+,27-. The summed E-state index contributed by atoms with van der Waals surface area (Å²) in [6, 6.07) is 12.0. The predicted molar refractivity (Wildman–Crippen MR) is 134 cm³/mol. The van der Waals surface area contributed by atoms with Crippen LogP contribution >= 0.6 is 0 Å². The summed E-state index contributed by atoms with van der Waals surface area (Å²) < 4.78 is 0. The fourth-order valence-electron chi connectivity index (χ4n) is 7.62. The van der Waals surface area contributed by atoms with Crippen LogP contribution in [-0.2, 0) is 20.8 Å². The fourth-order valence-corrected chi connectivity index (χ4v) is 7.62. The first-order valence-corrected chi connectivity index (χ1v) is 13.4. The maximum absolute atomic E-state index is 13.4. The van der Waals surface area contributed by atoms with E-state index in [0.717, 1.165) is 24.9 Å². The van der Waals surface area contributed by atoms with Gasteiger partial charge >= 0.3 is 0 Å². The molecule has 0 radical (unpaired) electrons. The lowest BCUT2D eigenvalue weighted by Crippen LogP contribution is -2.44. The van der Waals surface area contributed by atoms with Crippen LogP contribution in [0, 0.1) is 41.4 Å². The van der Waals surface area contributed by atoms with Crippen LogP contribution in [0.15, 0.2) is 60.9 Å². The van der Waals surface area contributed by atoms with Crippen molar-refractivity contribution in [3.05, 3.63) is 72.1 Å². The largest absolute Gasteiger partial charge is 0.326 e. The van der Waals surface area contributed by atoms with E-state index in [1.165, 1.54) is 17.5 Å². The quantitative estimate of drug-likeness (QED) is 0.512. The molecule has 6 heteroatoms. The molecule has 2 bridgehead atoms. The Balaban J connectivity index is 0.950. The number of pyridine rings is 1. The van der Waals surface area contributed by atoms with Crippen molar-refractivity contribution in [3.8, 4) is 0 Å². The molecule has 6 aliphatic rings. The number of carbonyl (C=O) groups is 3. The van der Waals surface area contributed by atoms with Gasteiger partial charge in [0.15, 0.2) is 0 Å². The van der Waals surface area contributed by atoms with Gasteiger partial charge in [0.25, 0.3) is 0 Å². The Morgan fingerprint density at radius 1 is 0.833 bits per heavy atom. The molecule has 2 heterocycles. The van der Waals surface area contributed by atoms with Crippen LogP contribution in [0.4, 0.5) is 5.69 Å². The van der Waals surface area contributed by atoms with Gasteiger partial charge in [0.05, 0.1) is 11.8 Å². The second kappa shape index (κ2) is 8.39. The van der Waals surface area contributed by atoms with Gasteiger partial charge in [-0.05, 0) is 97.6 Å². The van der Waals surface area contributed by atoms with Crippen LogP contribution in [0.1, 0.15) is 43.2 Å². The fraction of sp³-hybridized carbons (Fsp3) is 0.467. The number of imide groups is 1. The summed E-state index contributed by atoms with van der Waals surface area (Å²) in [5.41, 5.74) is 3.19. The van der Waals surface area contributed by atoms with Gasteiger partial charge in [0.1, 0.15) is 0 Å². The van der Waals surface area contributed by atoms with E-state index >= 15 is 0 Å². The molecular formula is C30H31N3O3. The first-order chi connectivity index (χ1) is 17.6. The van der Waals surface area contributed by atoms with Crippen molar-refractivity contribution in [2.45, 2.75) is 44.6 Å². The molecule has 4 fully saturated rings. The number of hydrogen-bond donors (Lipinski definition) is 1. The predicted octanol–water partition coefficient (Wildman–Crippen LogP) is 4.22. The molecule has 6 nitrogen and oxygen atoms in total. The summed E-state index contributed by atoms with van der Waals surface area (Å²) in [6.45, 7) is 0. The van der Waals surface area contributed by atoms with Crippen LogP contribution in [0.3, 0.4) is 0 Å². The zero-order chi connectivity index (χ0) is 24.4. The van der Waals surface area contributed by atoms with Crippen molar-refractivity contribution in [1.29, 1.82) is 0 Å². The molecule has 2 aromatic rings. The number of nitrogens with one attached hydrogen (secondary N) is 1. The lowest BCUT2D eigenvalue weighted by Gasteiger charge is -2.37. The van der Waals surface area contributed by atoms with Gasteiger partial charge in [0.2, 0.25) is 17.7 Å². The van der Waals surface area contributed by atoms with Gasteiger partial charge in [-0.1, -0.05) is 24.3 Å². The molecule has 1 N–H and O–H groups in total. The van der Waals surface area contributed by atoms with E-state index in [-0.39, 0.29) is 53.4 Å². The number of benzene rings is 1. The molecular weight excluding hydrogens is 450 g/mol. The Hall–Kier alpha value is -3.28. The maximum Gasteiger partial charge on any atom is 0.233 e. The molecule has 184 valence electrons. The lowest BCUT2D eigenvalue weighted by molar-refractivity contribution is -0.144. The summed E-state index contributed by atoms with van der Waals surface area (Å²) in [6.07, 6.45) is 12.9. The SMILES string of the molecule is O=C(Nc1ccc(Cc2ccncc2)cc1)C1CCC(N2C(=O)[C@@H]3[C@H]4C=C[C@H]([C@H]5C[C@@H]45)[C@@H]3C2=O)CC1. The number of anilines is 1. The number of amides is 3. The highest BCUT2D eigenvalue weighted by molar-refractivity contribution is 6.06. The summed E-state index contributed by atoms with van der Waals surface area (Å²) in [4.78, 5) is 45.4. The third-order valence-corrected chi connectivity index (χ3v) is 9.51. The molecule has 0 spiro atoms. The number of likely N-dealkylation sites (tertiary alicyclic amines) is 1. The van der Waals surface area contributed by atoms with E-state index in [9.17, 15) is 14.4 Å². The third-order valence-electron chi connectivity index (χ3n) is 9.51. The average Bonchev–Trinajstić information content (AvgIpc) is 3.69. The Morgan fingerprint density at radius 3 is 2.03 bits per heavy atom. The molecule has 8 rings (SSSR count). The molecule has 0 unspecified atom stereocenters. The molecule has 6 atom stereocenters. The van der Waals surface area contributed by atoms with Crippen LogP contribution < -0.4 is 5.32 Å². The second-order valence-corrected chi connectivity index (χ2v) is 11.4. The van der Waals surface area contributed by atoms with Gasteiger partial charge < -0.3 is 5.32 Å². The van der Waals surface area contributed by atoms with Crippen LogP contribution in [0.5, 0.6) is 0 Å². The van der Waals surface area contributed by atoms with Gasteiger partial charge in [-0.25, -0.2) is 0 Å². The van der Waals surface area contributed by atoms with E-state index in [0.29, 0.717) is 24.7 Å². The lowest BCUT2D eigenvalue weighted by atomic mass is 9.63. The second-order valence-electron chi connectivity index (χ2n) is 11.4. The molecule has 1 aromatic heterocycles. The van der Waals surface area contributed by atoms with Crippen LogP contribution in [-0.4, -0.2) is 33.6 Å². The van der Waals surface area contributed by atoms with Gasteiger partial charge in [0, 0.05) is 30.0 Å². The Kier molecular flexibility index (Phi) is 5.12. The Morgan fingerprint density at radius 2 is 1.42 bits per heavy atom. The van der Waals surface area contributed by atoms with Crippen molar-refractivity contribution < 1.29 is 14.4 Å². The molecule has 3 saturated carbocycles. The normalized spacial score (nSPS) is 35.9. The van der Waals surface area contributed by atoms with E-state index in [1.54, 1.807) is 17.3 Å². The summed E-state index contributed by atoms with van der Waals surface area (Å²) >= 11 is 0. The van der Waals surface area contributed by atoms with Gasteiger partial charge in [-0.15, -0.1) is 0 Å². The van der Waals surface area contributed by atoms with E-state index in [2.05, 4.69) is 22.5 Å². The minimum atomic E-state index is -0.126. The molecule has 1 aliphatic heterocycles. The van der Waals surface area contributed by atoms with Crippen LogP contribution in [0.2, 0.25) is 0 Å². The van der Waals surface area contributed by atoms with Gasteiger partial charge in [-0.3, -0.25) is 24.3 Å². The number of nitrogens with zero attached hydrogens (tertiary/aromatic N) is 2. The van der Waals surface area contributed by atoms with E-state index < -0.39 is 0 Å². The number of rotatable bonds is 5. The third kappa shape index (κ3) is 3.53. The summed E-state index contributed by atoms with van der Waals surface area (Å²) in [7, 11) is 0. The van der Waals surface area contributed by atoms with Crippen molar-refractivity contribution in [1.82, 2.24) is 9.88 Å². The monoisotopic (exact) mass is 481 g/mol. The number of carbonyl (C=O) groups excluding carboxylic acids is 3. The number of allylic oxidation sites excluding steroid dienone is 2. The number of aromatic nitrogens is 1. The average molecular weight is 482 g/mol. The highest BCUT2D eigenvalue weighted by Gasteiger charge is 2.67. The first kappa shape index (κ1) is 22.0. The zero-order valence-corrected chi connectivity index (χ0v) is 20.3. The molecule has 5 aliphatic carbocycles. The van der Waals surface area contributed by atoms with Gasteiger partial charge in [-0.2, -0.15) is 0 Å². The Bertz CT molecular complexity index is 1200. The summed E-state index contributed by atoms with van der Waals surface area (Å²) in [5, 5.41) is 3.07. The van der Waals surface area contributed by atoms with Crippen LogP contribution in [0.25, 0.3) is 0 Å². The topological polar surface area (TPSA) is 79.4 Å². The molecule has 1 aromatic carbocycles. The summed E-state index contributed by atoms with van der Waals surface area (Å²) in [5.74, 6) is 1.61. The van der Waals surface area contributed by atoms with Crippen molar-refractivity contribution >= 4 is 23.4 Å². The van der Waals surface area contributed by atoms with Crippen molar-refractivity contribution in [2.75, 3.05) is 5.32 Å². The van der Waals surface area contributed by atoms with E-state index in [4.69, 9.17) is 0 Å². The molecule has 1 saturated heterocycles. The smallest absolute Gasteiger partial charge is 0.233 e. The Labute approximate surface area is 211 Å². The molecule has 36 heavy (non-hydrogen) atoms. The highest BCUT2D eigenvalue weighted by atomic mass is 16.2. The van der Waals surface area contributed by atoms with E-state index in [1.807, 2.05) is 36.4 Å².